The van der Waals surface area contributed by atoms with E-state index in [2.05, 4.69) is 12.2 Å². The van der Waals surface area contributed by atoms with Crippen LogP contribution >= 0.6 is 0 Å². The molecule has 1 amide bonds. The molecule has 174 valence electrons. The van der Waals surface area contributed by atoms with Crippen molar-refractivity contribution < 1.29 is 30.0 Å². The Balaban J connectivity index is 0. The third kappa shape index (κ3) is 22.9. The molecule has 1 unspecified atom stereocenters. The molecule has 1 atom stereocenters. The predicted octanol–water partition coefficient (Wildman–Crippen LogP) is 1.76. The number of nitrogens with zero attached hydrogens (tertiary/aromatic N) is 1. The molecule has 29 heavy (non-hydrogen) atoms. The van der Waals surface area contributed by atoms with Crippen LogP contribution in [-0.2, 0) is 9.59 Å². The van der Waals surface area contributed by atoms with Gasteiger partial charge in [-0.1, -0.05) is 58.3 Å². The quantitative estimate of drug-likeness (QED) is 0.214. The molecule has 0 aliphatic carbocycles. The van der Waals surface area contributed by atoms with Crippen LogP contribution in [0, 0.1) is 0 Å². The maximum Gasteiger partial charge on any atom is 0.325 e. The molecular weight excluding hydrogens is 376 g/mol. The van der Waals surface area contributed by atoms with Gasteiger partial charge in [-0.3, -0.25) is 14.5 Å². The van der Waals surface area contributed by atoms with E-state index in [0.717, 1.165) is 12.8 Å². The van der Waals surface area contributed by atoms with Crippen LogP contribution in [0.3, 0.4) is 0 Å². The summed E-state index contributed by atoms with van der Waals surface area (Å²) >= 11 is 0. The Morgan fingerprint density at radius 1 is 0.793 bits per heavy atom. The summed E-state index contributed by atoms with van der Waals surface area (Å²) in [6.45, 7) is 5.45. The van der Waals surface area contributed by atoms with E-state index in [1.165, 1.54) is 51.9 Å². The summed E-state index contributed by atoms with van der Waals surface area (Å²) in [4.78, 5) is 23.7. The third-order valence-electron chi connectivity index (χ3n) is 4.50. The second kappa shape index (κ2) is 23.1. The van der Waals surface area contributed by atoms with Crippen molar-refractivity contribution in [1.29, 1.82) is 0 Å². The van der Waals surface area contributed by atoms with Gasteiger partial charge in [-0.15, -0.1) is 0 Å². The van der Waals surface area contributed by atoms with Crippen molar-refractivity contribution in [3.05, 3.63) is 0 Å². The molecule has 5 N–H and O–H groups in total. The molecule has 0 aliphatic heterocycles. The van der Waals surface area contributed by atoms with Gasteiger partial charge in [0.2, 0.25) is 5.91 Å². The molecule has 0 saturated heterocycles. The number of amides is 1. The predicted molar refractivity (Wildman–Crippen MR) is 115 cm³/mol. The first-order valence-corrected chi connectivity index (χ1v) is 11.0. The van der Waals surface area contributed by atoms with Crippen LogP contribution in [0.5, 0.6) is 0 Å². The number of carbonyl (C=O) groups excluding carboxylic acids is 1. The van der Waals surface area contributed by atoms with E-state index in [-0.39, 0.29) is 25.7 Å². The first-order chi connectivity index (χ1) is 13.9. The van der Waals surface area contributed by atoms with Crippen molar-refractivity contribution in [3.63, 3.8) is 0 Å². The van der Waals surface area contributed by atoms with Crippen LogP contribution in [-0.4, -0.2) is 82.7 Å². The molecule has 8 nitrogen and oxygen atoms in total. The van der Waals surface area contributed by atoms with Crippen molar-refractivity contribution in [1.82, 2.24) is 10.2 Å². The number of hydrogen-bond acceptors (Lipinski definition) is 6. The molecule has 8 heteroatoms. The zero-order valence-electron chi connectivity index (χ0n) is 18.4. The minimum Gasteiger partial charge on any atom is -0.480 e. The van der Waals surface area contributed by atoms with Gasteiger partial charge in [0, 0.05) is 26.1 Å². The fraction of sp³-hybridized carbons (Fsp3) is 0.905. The van der Waals surface area contributed by atoms with Crippen LogP contribution < -0.4 is 5.32 Å². The molecule has 0 aromatic rings. The summed E-state index contributed by atoms with van der Waals surface area (Å²) < 4.78 is 0. The number of carboxylic acid groups (broad SMARTS) is 1. The monoisotopic (exact) mass is 420 g/mol. The van der Waals surface area contributed by atoms with Gasteiger partial charge in [-0.25, -0.2) is 0 Å². The summed E-state index contributed by atoms with van der Waals surface area (Å²) in [6.07, 6.45) is 11.3. The molecule has 0 heterocycles. The van der Waals surface area contributed by atoms with Gasteiger partial charge < -0.3 is 25.7 Å². The number of aliphatic hydroxyl groups excluding tert-OH is 3. The molecule has 0 rings (SSSR count). The number of hydrogen-bond donors (Lipinski definition) is 5. The largest absolute Gasteiger partial charge is 0.480 e. The Labute approximate surface area is 176 Å². The van der Waals surface area contributed by atoms with Gasteiger partial charge in [0.1, 0.15) is 6.04 Å². The van der Waals surface area contributed by atoms with E-state index in [9.17, 15) is 9.59 Å². The number of nitrogens with one attached hydrogen (secondary N) is 1. The Bertz CT molecular complexity index is 368. The first-order valence-electron chi connectivity index (χ1n) is 11.0. The average Bonchev–Trinajstić information content (AvgIpc) is 2.67. The van der Waals surface area contributed by atoms with Crippen LogP contribution in [0.15, 0.2) is 0 Å². The van der Waals surface area contributed by atoms with Crippen molar-refractivity contribution in [3.8, 4) is 0 Å². The van der Waals surface area contributed by atoms with Gasteiger partial charge in [-0.2, -0.15) is 0 Å². The van der Waals surface area contributed by atoms with Gasteiger partial charge in [0.15, 0.2) is 0 Å². The second-order valence-corrected chi connectivity index (χ2v) is 7.22. The smallest absolute Gasteiger partial charge is 0.325 e. The van der Waals surface area contributed by atoms with Crippen LogP contribution in [0.1, 0.15) is 78.1 Å². The molecular formula is C21H44N2O6. The van der Waals surface area contributed by atoms with E-state index in [1.807, 2.05) is 0 Å². The lowest BCUT2D eigenvalue weighted by Crippen LogP contribution is -2.38. The van der Waals surface area contributed by atoms with Crippen LogP contribution in [0.2, 0.25) is 0 Å². The fourth-order valence-electron chi connectivity index (χ4n) is 2.73. The first kappa shape index (κ1) is 30.0. The fourth-order valence-corrected chi connectivity index (χ4v) is 2.73. The number of carboxylic acids is 1. The zero-order valence-corrected chi connectivity index (χ0v) is 18.4. The lowest BCUT2D eigenvalue weighted by Gasteiger charge is -2.17. The highest BCUT2D eigenvalue weighted by atomic mass is 16.4. The van der Waals surface area contributed by atoms with Crippen LogP contribution in [0.4, 0.5) is 0 Å². The minimum absolute atomic E-state index is 0.0694. The Kier molecular flexibility index (Phi) is 23.8. The summed E-state index contributed by atoms with van der Waals surface area (Å²) in [6, 6.07) is -0.786. The zero-order chi connectivity index (χ0) is 22.3. The molecule has 0 spiro atoms. The van der Waals surface area contributed by atoms with Gasteiger partial charge in [0.25, 0.3) is 0 Å². The van der Waals surface area contributed by atoms with E-state index >= 15 is 0 Å². The van der Waals surface area contributed by atoms with E-state index in [1.54, 1.807) is 4.90 Å². The number of unbranched alkanes of at least 4 members (excludes halogenated alkanes) is 8. The SMILES string of the molecule is CCCCCCCCCCCC(=O)NC(C)C(=O)O.OCCN(CCO)CCO. The summed E-state index contributed by atoms with van der Waals surface area (Å²) in [5.74, 6) is -1.14. The molecule has 0 aromatic heterocycles. The molecule has 0 fully saturated rings. The normalized spacial score (nSPS) is 11.7. The number of aliphatic carboxylic acids is 1. The summed E-state index contributed by atoms with van der Waals surface area (Å²) in [5.41, 5.74) is 0. The second-order valence-electron chi connectivity index (χ2n) is 7.22. The van der Waals surface area contributed by atoms with Crippen molar-refractivity contribution in [2.45, 2.75) is 84.1 Å². The average molecular weight is 421 g/mol. The molecule has 0 aromatic carbocycles. The molecule has 0 bridgehead atoms. The van der Waals surface area contributed by atoms with Gasteiger partial charge >= 0.3 is 5.97 Å². The van der Waals surface area contributed by atoms with Crippen molar-refractivity contribution in [2.75, 3.05) is 39.5 Å². The highest BCUT2D eigenvalue weighted by molar-refractivity contribution is 5.83. The Morgan fingerprint density at radius 2 is 1.21 bits per heavy atom. The minimum atomic E-state index is -0.986. The highest BCUT2D eigenvalue weighted by Crippen LogP contribution is 2.10. The lowest BCUT2D eigenvalue weighted by atomic mass is 10.1. The van der Waals surface area contributed by atoms with Crippen LogP contribution in [0.25, 0.3) is 0 Å². The van der Waals surface area contributed by atoms with Gasteiger partial charge in [-0.05, 0) is 13.3 Å². The lowest BCUT2D eigenvalue weighted by molar-refractivity contribution is -0.141. The number of rotatable bonds is 18. The Hall–Kier alpha value is -1.22. The maximum atomic E-state index is 11.4. The van der Waals surface area contributed by atoms with E-state index in [4.69, 9.17) is 20.4 Å². The number of carbonyl (C=O) groups is 2. The molecule has 0 aliphatic rings. The van der Waals surface area contributed by atoms with Gasteiger partial charge in [0.05, 0.1) is 19.8 Å². The molecule has 0 radical (unpaired) electrons. The highest BCUT2D eigenvalue weighted by Gasteiger charge is 2.12. The van der Waals surface area contributed by atoms with Crippen molar-refractivity contribution >= 4 is 11.9 Å². The third-order valence-corrected chi connectivity index (χ3v) is 4.50. The van der Waals surface area contributed by atoms with E-state index in [0.29, 0.717) is 26.1 Å². The molecule has 0 saturated carbocycles. The number of aliphatic hydroxyl groups is 3. The summed E-state index contributed by atoms with van der Waals surface area (Å²) in [7, 11) is 0. The Morgan fingerprint density at radius 3 is 1.59 bits per heavy atom. The maximum absolute atomic E-state index is 11.4. The topological polar surface area (TPSA) is 130 Å². The van der Waals surface area contributed by atoms with Crippen molar-refractivity contribution in [2.24, 2.45) is 0 Å². The van der Waals surface area contributed by atoms with E-state index < -0.39 is 12.0 Å². The summed E-state index contributed by atoms with van der Waals surface area (Å²) in [5, 5.41) is 36.6. The standard InChI is InChI=1S/C15H29NO3.C6H15NO3/c1-3-4-5-6-7-8-9-10-11-12-14(17)16-13(2)15(18)19;8-4-1-7(2-5-9)3-6-10/h13H,3-12H2,1-2H3,(H,16,17)(H,18,19);8-10H,1-6H2.